The first-order valence-corrected chi connectivity index (χ1v) is 11.9. The second-order valence-electron chi connectivity index (χ2n) is 7.51. The first-order chi connectivity index (χ1) is 16.7. The van der Waals surface area contributed by atoms with E-state index in [2.05, 4.69) is 25.9 Å². The summed E-state index contributed by atoms with van der Waals surface area (Å²) in [5.41, 5.74) is 5.86. The smallest absolute Gasteiger partial charge is 0.550 e. The maximum Gasteiger partial charge on any atom is 1.00 e. The van der Waals surface area contributed by atoms with Crippen LogP contribution in [0.25, 0.3) is 0 Å². The minimum atomic E-state index is -1.68. The number of aromatic amines is 1. The first-order valence-electron chi connectivity index (χ1n) is 10.00. The number of β-lactam (4-membered cyclic amide) rings is 1. The van der Waals surface area contributed by atoms with Crippen molar-refractivity contribution in [3.63, 3.8) is 0 Å². The van der Waals surface area contributed by atoms with Gasteiger partial charge >= 0.3 is 103 Å². The van der Waals surface area contributed by atoms with Crippen molar-refractivity contribution in [3.05, 3.63) is 41.1 Å². The second-order valence-corrected chi connectivity index (χ2v) is 9.78. The Balaban J connectivity index is 0.00000241. The maximum absolute atomic E-state index is 12.9. The van der Waals surface area contributed by atoms with Gasteiger partial charge in [0.25, 0.3) is 11.8 Å². The number of nitrogen functional groups attached to an aromatic ring is 1. The molecule has 2 aliphatic heterocycles. The molecule has 0 radical (unpaired) electrons. The monoisotopic (exact) mass is 597 g/mol. The Labute approximate surface area is 303 Å². The summed E-state index contributed by atoms with van der Waals surface area (Å²) >= 11 is 1.97. The van der Waals surface area contributed by atoms with E-state index in [9.17, 15) is 34.5 Å². The third-order valence-corrected chi connectivity index (χ3v) is 7.70. The van der Waals surface area contributed by atoms with Crippen molar-refractivity contribution in [1.82, 2.24) is 30.8 Å². The molecule has 1 fully saturated rings. The number of carboxylic acid groups (broad SMARTS) is 2. The Morgan fingerprint density at radius 2 is 2.05 bits per heavy atom. The quantitative estimate of drug-likeness (QED) is 0.0911. The van der Waals surface area contributed by atoms with Crippen LogP contribution in [0.3, 0.4) is 0 Å². The van der Waals surface area contributed by atoms with Crippen molar-refractivity contribution in [1.29, 1.82) is 0 Å². The molecule has 3 unspecified atom stereocenters. The number of fused-ring (bicyclic) bond motifs is 1. The van der Waals surface area contributed by atoms with E-state index >= 15 is 0 Å². The van der Waals surface area contributed by atoms with E-state index in [0.29, 0.717) is 5.69 Å². The number of nitrogens with zero attached hydrogens (tertiary/aromatic N) is 4. The molecule has 0 spiro atoms. The van der Waals surface area contributed by atoms with E-state index in [0.717, 1.165) is 28.4 Å². The number of rotatable bonds is 9. The Hall–Kier alpha value is -0.357. The number of aliphatic hydroxyl groups is 1. The molecule has 0 bridgehead atoms. The minimum absolute atomic E-state index is 0. The molecule has 0 saturated carbocycles. The number of carbonyl (C=O) groups is 4. The largest absolute Gasteiger partial charge is 1.00 e. The summed E-state index contributed by atoms with van der Waals surface area (Å²) in [5.74, 6) is -4.71. The molecular weight excluding hydrogens is 581 g/mol. The summed E-state index contributed by atoms with van der Waals surface area (Å²) in [6, 6.07) is 4.94. The molecule has 5 N–H and O–H groups in total. The summed E-state index contributed by atoms with van der Waals surface area (Å²) in [4.78, 5) is 49.7. The molecule has 1 aromatic heterocycles. The fraction of sp³-hybridized carbons (Fsp3) is 0.316. The number of anilines is 1. The van der Waals surface area contributed by atoms with Crippen LogP contribution >= 0.6 is 23.5 Å². The third-order valence-electron chi connectivity index (χ3n) is 5.28. The van der Waals surface area contributed by atoms with Gasteiger partial charge in [-0.2, -0.15) is 5.21 Å². The van der Waals surface area contributed by atoms with Crippen molar-refractivity contribution in [3.8, 4) is 0 Å². The maximum atomic E-state index is 12.9. The molecule has 1 saturated heterocycles. The van der Waals surface area contributed by atoms with Gasteiger partial charge in [-0.3, -0.25) is 14.5 Å². The summed E-state index contributed by atoms with van der Waals surface area (Å²) in [7, 11) is 0. The Morgan fingerprint density at radius 3 is 2.65 bits per heavy atom. The summed E-state index contributed by atoms with van der Waals surface area (Å²) in [6.45, 7) is 0. The number of H-pyrrole nitrogens is 1. The van der Waals surface area contributed by atoms with E-state index in [4.69, 9.17) is 5.73 Å². The zero-order valence-corrected chi connectivity index (χ0v) is 27.5. The topological polar surface area (TPSA) is 230 Å². The molecule has 14 nitrogen and oxygen atoms in total. The van der Waals surface area contributed by atoms with E-state index in [-0.39, 0.29) is 125 Å². The standard InChI is InChI=1S/C19H19N7O7S2.2K/c20-8-3-1-2-7(4-8)14(29)15(30)21-12-16(31)26-13(18(32)33)9(6-34-17(12)26)10(5-11(27)28)35-19-22-24-25-23-19;;/h1-4,10,12,14,17,29H,5-6,20H2,(H,21,30)(H,27,28)(H,32,33)(H,22,23,24,25);;/q;2*+1/p-2/t10?,12?,14?,17-;;/m0../s1. The van der Waals surface area contributed by atoms with Crippen molar-refractivity contribution >= 4 is 53.0 Å². The van der Waals surface area contributed by atoms with Crippen molar-refractivity contribution in [2.45, 2.75) is 34.3 Å². The Bertz CT molecular complexity index is 1220. The molecule has 2 aromatic rings. The van der Waals surface area contributed by atoms with Crippen LogP contribution in [-0.4, -0.2) is 76.8 Å². The van der Waals surface area contributed by atoms with Gasteiger partial charge in [0.05, 0.1) is 11.7 Å². The van der Waals surface area contributed by atoms with E-state index in [1.54, 1.807) is 12.1 Å². The number of aliphatic carboxylic acids is 2. The van der Waals surface area contributed by atoms with Crippen molar-refractivity contribution in [2.75, 3.05) is 11.5 Å². The predicted octanol–water partition coefficient (Wildman–Crippen LogP) is -9.47. The van der Waals surface area contributed by atoms with Crippen molar-refractivity contribution in [2.24, 2.45) is 0 Å². The molecule has 4 atom stereocenters. The number of benzene rings is 1. The number of aromatic nitrogens is 4. The van der Waals surface area contributed by atoms with E-state index < -0.39 is 58.6 Å². The van der Waals surface area contributed by atoms with Gasteiger partial charge in [0.1, 0.15) is 11.4 Å². The van der Waals surface area contributed by atoms with Gasteiger partial charge in [0, 0.05) is 29.1 Å². The van der Waals surface area contributed by atoms with Gasteiger partial charge in [-0.05, 0) is 28.5 Å². The molecule has 184 valence electrons. The van der Waals surface area contributed by atoms with Crippen LogP contribution in [0.4, 0.5) is 5.69 Å². The molecule has 2 amide bonds. The number of tetrazole rings is 1. The molecule has 37 heavy (non-hydrogen) atoms. The SMILES string of the molecule is Nc1cccc(C(O)C(=O)NC2C(=O)N3C(C(=O)[O-])=C(C(CC(=O)[O-])Sc4nn[nH]n4)CS[C@@H]23)c1.[K+].[K+]. The van der Waals surface area contributed by atoms with Gasteiger partial charge in [-0.1, -0.05) is 23.9 Å². The van der Waals surface area contributed by atoms with Gasteiger partial charge in [-0.25, -0.2) is 0 Å². The van der Waals surface area contributed by atoms with Gasteiger partial charge < -0.3 is 36.0 Å². The van der Waals surface area contributed by atoms with Crippen molar-refractivity contribution < 1.29 is 137 Å². The average molecular weight is 598 g/mol. The summed E-state index contributed by atoms with van der Waals surface area (Å²) in [6.07, 6.45) is -2.18. The van der Waals surface area contributed by atoms with Crippen LogP contribution < -0.4 is 124 Å². The van der Waals surface area contributed by atoms with Gasteiger partial charge in [-0.15, -0.1) is 22.0 Å². The number of hydrogen-bond acceptors (Lipinski definition) is 13. The zero-order valence-electron chi connectivity index (χ0n) is 19.6. The van der Waals surface area contributed by atoms with Gasteiger partial charge in [0.15, 0.2) is 6.10 Å². The molecular formula is C19H17K2N7O7S2. The molecule has 2 aliphatic rings. The predicted molar refractivity (Wildman–Crippen MR) is 116 cm³/mol. The normalized spacial score (nSPS) is 19.9. The number of hydrogen-bond donors (Lipinski definition) is 4. The zero-order chi connectivity index (χ0) is 25.3. The summed E-state index contributed by atoms with van der Waals surface area (Å²) in [5, 5.41) is 47.4. The van der Waals surface area contributed by atoms with Crippen LogP contribution in [0.1, 0.15) is 18.1 Å². The van der Waals surface area contributed by atoms with Crippen LogP contribution in [0, 0.1) is 0 Å². The van der Waals surface area contributed by atoms with Crippen LogP contribution in [0.15, 0.2) is 40.7 Å². The number of amides is 2. The van der Waals surface area contributed by atoms with Crippen LogP contribution in [0.2, 0.25) is 0 Å². The Morgan fingerprint density at radius 1 is 1.32 bits per heavy atom. The molecule has 0 aliphatic carbocycles. The molecule has 4 rings (SSSR count). The second kappa shape index (κ2) is 14.3. The van der Waals surface area contributed by atoms with Crippen LogP contribution in [0.5, 0.6) is 0 Å². The molecule has 18 heteroatoms. The fourth-order valence-electron chi connectivity index (χ4n) is 3.71. The number of nitrogens with two attached hydrogens (primary N) is 1. The minimum Gasteiger partial charge on any atom is -0.550 e. The summed E-state index contributed by atoms with van der Waals surface area (Å²) < 4.78 is 0. The third kappa shape index (κ3) is 7.44. The average Bonchev–Trinajstić information content (AvgIpc) is 3.33. The van der Waals surface area contributed by atoms with E-state index in [1.165, 1.54) is 12.1 Å². The number of thioether (sulfide) groups is 2. The van der Waals surface area contributed by atoms with Crippen LogP contribution in [-0.2, 0) is 19.2 Å². The van der Waals surface area contributed by atoms with Gasteiger partial charge in [0.2, 0.25) is 5.16 Å². The Kier molecular flexibility index (Phi) is 12.7. The first kappa shape index (κ1) is 32.9. The molecule has 3 heterocycles. The number of aliphatic hydroxyl groups excluding tert-OH is 1. The fourth-order valence-corrected chi connectivity index (χ4v) is 6.23. The number of carbonyl (C=O) groups excluding carboxylic acids is 4. The van der Waals surface area contributed by atoms with E-state index in [1.807, 2.05) is 0 Å². The number of nitrogens with one attached hydrogen (secondary N) is 2. The molecule has 1 aromatic carbocycles. The number of carboxylic acids is 2.